The first-order valence-corrected chi connectivity index (χ1v) is 9.08. The zero-order valence-electron chi connectivity index (χ0n) is 15.2. The molecule has 4 rings (SSSR count). The van der Waals surface area contributed by atoms with Gasteiger partial charge in [0.2, 0.25) is 5.91 Å². The van der Waals surface area contributed by atoms with E-state index in [1.54, 1.807) is 18.7 Å². The molecule has 1 saturated heterocycles. The smallest absolute Gasteiger partial charge is 0.274 e. The third-order valence-electron chi connectivity index (χ3n) is 5.87. The van der Waals surface area contributed by atoms with Crippen molar-refractivity contribution in [2.75, 3.05) is 18.6 Å². The van der Waals surface area contributed by atoms with Crippen molar-refractivity contribution in [3.8, 4) is 5.75 Å². The van der Waals surface area contributed by atoms with Crippen LogP contribution in [0.5, 0.6) is 5.75 Å². The SMILES string of the molecule is COc1ccc(N2CCC3(CCc4cc(C(=O)NO)ccc4C3)C2=O)cc1. The lowest BCUT2D eigenvalue weighted by Crippen LogP contribution is -2.38. The lowest BCUT2D eigenvalue weighted by atomic mass is 9.70. The fraction of sp³-hybridized carbons (Fsp3) is 0.333. The van der Waals surface area contributed by atoms with Gasteiger partial charge in [0.05, 0.1) is 12.5 Å². The van der Waals surface area contributed by atoms with E-state index in [1.165, 1.54) is 0 Å². The van der Waals surface area contributed by atoms with E-state index in [0.29, 0.717) is 18.5 Å². The highest BCUT2D eigenvalue weighted by Gasteiger charge is 2.48. The van der Waals surface area contributed by atoms with Crippen LogP contribution >= 0.6 is 0 Å². The number of fused-ring (bicyclic) bond motifs is 1. The molecule has 1 fully saturated rings. The zero-order valence-corrected chi connectivity index (χ0v) is 15.2. The second-order valence-electron chi connectivity index (χ2n) is 7.29. The van der Waals surface area contributed by atoms with Gasteiger partial charge in [-0.3, -0.25) is 14.8 Å². The molecule has 6 heteroatoms. The largest absolute Gasteiger partial charge is 0.497 e. The van der Waals surface area contributed by atoms with Gasteiger partial charge in [0.25, 0.3) is 5.91 Å². The Morgan fingerprint density at radius 3 is 2.63 bits per heavy atom. The van der Waals surface area contributed by atoms with Gasteiger partial charge in [0, 0.05) is 17.8 Å². The molecule has 1 unspecified atom stereocenters. The summed E-state index contributed by atoms with van der Waals surface area (Å²) in [4.78, 5) is 26.8. The predicted octanol–water partition coefficient (Wildman–Crippen LogP) is 2.73. The number of ether oxygens (including phenoxy) is 1. The Balaban J connectivity index is 1.57. The maximum Gasteiger partial charge on any atom is 0.274 e. The molecule has 2 aromatic rings. The summed E-state index contributed by atoms with van der Waals surface area (Å²) in [5.41, 5.74) is 4.83. The van der Waals surface area contributed by atoms with Gasteiger partial charge < -0.3 is 9.64 Å². The number of carbonyl (C=O) groups excluding carboxylic acids is 2. The molecule has 1 spiro atoms. The average molecular weight is 366 g/mol. The molecule has 6 nitrogen and oxygen atoms in total. The molecule has 2 amide bonds. The summed E-state index contributed by atoms with van der Waals surface area (Å²) >= 11 is 0. The summed E-state index contributed by atoms with van der Waals surface area (Å²) < 4.78 is 5.19. The van der Waals surface area contributed by atoms with Crippen LogP contribution in [-0.2, 0) is 17.6 Å². The van der Waals surface area contributed by atoms with Crippen molar-refractivity contribution in [1.29, 1.82) is 0 Å². The standard InChI is InChI=1S/C21H22N2O4/c1-27-18-6-4-17(5-7-18)23-11-10-21(20(23)25)9-8-14-12-15(19(24)22-26)2-3-16(14)13-21/h2-7,12,26H,8-11,13H2,1H3,(H,22,24). The minimum atomic E-state index is -0.513. The average Bonchev–Trinajstić information content (AvgIpc) is 3.02. The molecule has 140 valence electrons. The number of methoxy groups -OCH3 is 1. The van der Waals surface area contributed by atoms with Gasteiger partial charge in [-0.25, -0.2) is 5.48 Å². The molecule has 27 heavy (non-hydrogen) atoms. The molecule has 2 aromatic carbocycles. The van der Waals surface area contributed by atoms with Crippen molar-refractivity contribution in [3.05, 3.63) is 59.2 Å². The first kappa shape index (κ1) is 17.5. The monoisotopic (exact) mass is 366 g/mol. The van der Waals surface area contributed by atoms with E-state index in [1.807, 2.05) is 41.3 Å². The quantitative estimate of drug-likeness (QED) is 0.647. The summed E-state index contributed by atoms with van der Waals surface area (Å²) in [6, 6.07) is 13.0. The van der Waals surface area contributed by atoms with Gasteiger partial charge in [-0.05, 0) is 73.2 Å². The van der Waals surface area contributed by atoms with Crippen LogP contribution < -0.4 is 15.1 Å². The number of nitrogens with one attached hydrogen (secondary N) is 1. The zero-order chi connectivity index (χ0) is 19.0. The van der Waals surface area contributed by atoms with Crippen LogP contribution in [0.4, 0.5) is 5.69 Å². The van der Waals surface area contributed by atoms with Crippen molar-refractivity contribution in [2.24, 2.45) is 5.41 Å². The van der Waals surface area contributed by atoms with E-state index >= 15 is 0 Å². The maximum atomic E-state index is 13.3. The summed E-state index contributed by atoms with van der Waals surface area (Å²) in [5, 5.41) is 8.81. The Bertz CT molecular complexity index is 894. The van der Waals surface area contributed by atoms with Crippen LogP contribution in [0.25, 0.3) is 0 Å². The molecule has 1 atom stereocenters. The molecule has 0 radical (unpaired) electrons. The first-order valence-electron chi connectivity index (χ1n) is 9.08. The highest BCUT2D eigenvalue weighted by atomic mass is 16.5. The van der Waals surface area contributed by atoms with Crippen molar-refractivity contribution in [3.63, 3.8) is 0 Å². The van der Waals surface area contributed by atoms with Gasteiger partial charge in [0.15, 0.2) is 0 Å². The number of hydrogen-bond acceptors (Lipinski definition) is 4. The maximum absolute atomic E-state index is 13.3. The van der Waals surface area contributed by atoms with E-state index in [0.717, 1.165) is 41.8 Å². The van der Waals surface area contributed by atoms with E-state index < -0.39 is 5.91 Å². The molecule has 0 saturated carbocycles. The van der Waals surface area contributed by atoms with E-state index in [-0.39, 0.29) is 11.3 Å². The second kappa shape index (κ2) is 6.70. The number of hydroxylamine groups is 1. The van der Waals surface area contributed by atoms with Crippen LogP contribution in [0.3, 0.4) is 0 Å². The molecule has 0 aromatic heterocycles. The number of carbonyl (C=O) groups is 2. The summed E-state index contributed by atoms with van der Waals surface area (Å²) in [7, 11) is 1.63. The van der Waals surface area contributed by atoms with Gasteiger partial charge >= 0.3 is 0 Å². The normalized spacial score (nSPS) is 21.3. The van der Waals surface area contributed by atoms with Crippen molar-refractivity contribution >= 4 is 17.5 Å². The van der Waals surface area contributed by atoms with Crippen LogP contribution in [0.1, 0.15) is 34.3 Å². The lowest BCUT2D eigenvalue weighted by molar-refractivity contribution is -0.126. The summed E-state index contributed by atoms with van der Waals surface area (Å²) in [6.07, 6.45) is 3.05. The van der Waals surface area contributed by atoms with Gasteiger partial charge in [-0.2, -0.15) is 0 Å². The number of amides is 2. The fourth-order valence-electron chi connectivity index (χ4n) is 4.29. The molecule has 2 aliphatic rings. The Morgan fingerprint density at radius 2 is 1.93 bits per heavy atom. The van der Waals surface area contributed by atoms with Crippen LogP contribution in [0, 0.1) is 5.41 Å². The van der Waals surface area contributed by atoms with E-state index in [2.05, 4.69) is 0 Å². The molecule has 0 bridgehead atoms. The number of nitrogens with zero attached hydrogens (tertiary/aromatic N) is 1. The van der Waals surface area contributed by atoms with Crippen LogP contribution in [0.2, 0.25) is 0 Å². The number of benzene rings is 2. The van der Waals surface area contributed by atoms with Crippen LogP contribution in [0.15, 0.2) is 42.5 Å². The summed E-state index contributed by atoms with van der Waals surface area (Å²) in [6.45, 7) is 0.714. The Hall–Kier alpha value is -2.86. The fourth-order valence-corrected chi connectivity index (χ4v) is 4.29. The third-order valence-corrected chi connectivity index (χ3v) is 5.87. The highest BCUT2D eigenvalue weighted by molar-refractivity contribution is 6.00. The van der Waals surface area contributed by atoms with Crippen LogP contribution in [-0.4, -0.2) is 30.7 Å². The van der Waals surface area contributed by atoms with Gasteiger partial charge in [-0.15, -0.1) is 0 Å². The van der Waals surface area contributed by atoms with Gasteiger partial charge in [0.1, 0.15) is 5.75 Å². The minimum Gasteiger partial charge on any atom is -0.497 e. The van der Waals surface area contributed by atoms with E-state index in [4.69, 9.17) is 9.94 Å². The van der Waals surface area contributed by atoms with E-state index in [9.17, 15) is 9.59 Å². The minimum absolute atomic E-state index is 0.176. The lowest BCUT2D eigenvalue weighted by Gasteiger charge is -2.33. The number of anilines is 1. The molecule has 1 aliphatic heterocycles. The topological polar surface area (TPSA) is 78.9 Å². The molecule has 1 aliphatic carbocycles. The van der Waals surface area contributed by atoms with Crippen molar-refractivity contribution < 1.29 is 19.5 Å². The molecule has 2 N–H and O–H groups in total. The Kier molecular flexibility index (Phi) is 4.36. The number of rotatable bonds is 3. The summed E-state index contributed by atoms with van der Waals surface area (Å²) in [5.74, 6) is 0.436. The second-order valence-corrected chi connectivity index (χ2v) is 7.29. The third kappa shape index (κ3) is 2.96. The first-order chi connectivity index (χ1) is 13.1. The highest BCUT2D eigenvalue weighted by Crippen LogP contribution is 2.45. The Labute approximate surface area is 157 Å². The van der Waals surface area contributed by atoms with Crippen molar-refractivity contribution in [1.82, 2.24) is 5.48 Å². The van der Waals surface area contributed by atoms with Gasteiger partial charge in [-0.1, -0.05) is 6.07 Å². The number of aryl methyl sites for hydroxylation is 1. The Morgan fingerprint density at radius 1 is 1.15 bits per heavy atom. The molecule has 1 heterocycles. The molecular formula is C21H22N2O4. The molecular weight excluding hydrogens is 344 g/mol. The number of hydrogen-bond donors (Lipinski definition) is 2. The predicted molar refractivity (Wildman–Crippen MR) is 100 cm³/mol. The van der Waals surface area contributed by atoms with Crippen molar-refractivity contribution in [2.45, 2.75) is 25.7 Å².